The zero-order valence-electron chi connectivity index (χ0n) is 12.9. The molecule has 1 heterocycles. The summed E-state index contributed by atoms with van der Waals surface area (Å²) in [6.45, 7) is 0. The van der Waals surface area contributed by atoms with E-state index < -0.39 is 0 Å². The fourth-order valence-electron chi connectivity index (χ4n) is 2.78. The first-order valence-corrected chi connectivity index (χ1v) is 8.56. The maximum atomic E-state index is 12.3. The summed E-state index contributed by atoms with van der Waals surface area (Å²) in [6.07, 6.45) is 8.35. The van der Waals surface area contributed by atoms with Crippen LogP contribution in [-0.4, -0.2) is 28.0 Å². The predicted molar refractivity (Wildman–Crippen MR) is 92.6 cm³/mol. The Morgan fingerprint density at radius 3 is 2.62 bits per heavy atom. The van der Waals surface area contributed by atoms with E-state index >= 15 is 0 Å². The Bertz CT molecular complexity index is 704. The zero-order valence-corrected chi connectivity index (χ0v) is 14.4. The average Bonchev–Trinajstić information content (AvgIpc) is 2.57. The minimum Gasteiger partial charge on any atom is -0.473 e. The van der Waals surface area contributed by atoms with Gasteiger partial charge in [0.2, 0.25) is 5.88 Å². The molecule has 1 aliphatic carbocycles. The van der Waals surface area contributed by atoms with E-state index in [0.717, 1.165) is 25.7 Å². The van der Waals surface area contributed by atoms with Crippen LogP contribution in [0.2, 0.25) is 10.0 Å². The molecule has 1 N–H and O–H groups in total. The number of carbonyl (C=O) groups is 1. The van der Waals surface area contributed by atoms with Crippen LogP contribution < -0.4 is 10.1 Å². The summed E-state index contributed by atoms with van der Waals surface area (Å²) in [5.41, 5.74) is 0.444. The normalized spacial score (nSPS) is 20.4. The van der Waals surface area contributed by atoms with Crippen molar-refractivity contribution in [1.82, 2.24) is 15.3 Å². The Hall–Kier alpha value is -1.85. The summed E-state index contributed by atoms with van der Waals surface area (Å²) < 4.78 is 5.80. The first kappa shape index (κ1) is 17.0. The lowest BCUT2D eigenvalue weighted by Gasteiger charge is -2.29. The Morgan fingerprint density at radius 1 is 1.17 bits per heavy atom. The second kappa shape index (κ2) is 7.81. The number of hydrogen-bond donors (Lipinski definition) is 1. The largest absolute Gasteiger partial charge is 0.473 e. The molecule has 1 saturated carbocycles. The fraction of sp³-hybridized carbons (Fsp3) is 0.353. The van der Waals surface area contributed by atoms with Crippen LogP contribution in [0.1, 0.15) is 36.0 Å². The summed E-state index contributed by atoms with van der Waals surface area (Å²) in [5, 5.41) is 3.90. The first-order chi connectivity index (χ1) is 11.6. The molecule has 1 aromatic heterocycles. The molecule has 1 aromatic carbocycles. The van der Waals surface area contributed by atoms with Crippen LogP contribution in [0, 0.1) is 0 Å². The van der Waals surface area contributed by atoms with Gasteiger partial charge in [0.1, 0.15) is 6.10 Å². The quantitative estimate of drug-likeness (QED) is 0.891. The molecule has 0 aliphatic heterocycles. The van der Waals surface area contributed by atoms with Gasteiger partial charge >= 0.3 is 0 Å². The molecule has 5 nitrogen and oxygen atoms in total. The number of nitrogens with one attached hydrogen (secondary N) is 1. The molecule has 0 radical (unpaired) electrons. The van der Waals surface area contributed by atoms with Crippen molar-refractivity contribution >= 4 is 29.1 Å². The maximum Gasteiger partial charge on any atom is 0.253 e. The summed E-state index contributed by atoms with van der Waals surface area (Å²) in [7, 11) is 0. The van der Waals surface area contributed by atoms with Gasteiger partial charge in [-0.1, -0.05) is 23.2 Å². The Morgan fingerprint density at radius 2 is 1.96 bits per heavy atom. The smallest absolute Gasteiger partial charge is 0.253 e. The SMILES string of the molecule is O=C(NC1CCC(Oc2cnccn2)CC1)c1ccc(Cl)cc1Cl. The third-order valence-corrected chi connectivity index (χ3v) is 4.56. The maximum absolute atomic E-state index is 12.3. The number of nitrogens with zero attached hydrogens (tertiary/aromatic N) is 2. The van der Waals surface area contributed by atoms with Crippen molar-refractivity contribution in [3.05, 3.63) is 52.4 Å². The number of benzene rings is 1. The molecule has 24 heavy (non-hydrogen) atoms. The van der Waals surface area contributed by atoms with Crippen LogP contribution in [0.3, 0.4) is 0 Å². The van der Waals surface area contributed by atoms with E-state index in [1.165, 1.54) is 0 Å². The van der Waals surface area contributed by atoms with Gasteiger partial charge in [0.15, 0.2) is 0 Å². The van der Waals surface area contributed by atoms with E-state index in [1.54, 1.807) is 36.8 Å². The highest BCUT2D eigenvalue weighted by atomic mass is 35.5. The van der Waals surface area contributed by atoms with Gasteiger partial charge in [-0.05, 0) is 43.9 Å². The van der Waals surface area contributed by atoms with E-state index in [2.05, 4.69) is 15.3 Å². The molecule has 3 rings (SSSR count). The average molecular weight is 366 g/mol. The van der Waals surface area contributed by atoms with Crippen LogP contribution in [0.25, 0.3) is 0 Å². The van der Waals surface area contributed by atoms with Crippen molar-refractivity contribution < 1.29 is 9.53 Å². The van der Waals surface area contributed by atoms with Gasteiger partial charge in [-0.25, -0.2) is 4.98 Å². The van der Waals surface area contributed by atoms with Gasteiger partial charge in [-0.15, -0.1) is 0 Å². The number of carbonyl (C=O) groups excluding carboxylic acids is 1. The summed E-state index contributed by atoms with van der Waals surface area (Å²) in [4.78, 5) is 20.4. The van der Waals surface area contributed by atoms with E-state index in [0.29, 0.717) is 21.5 Å². The predicted octanol–water partition coefficient (Wildman–Crippen LogP) is 3.90. The fourth-order valence-corrected chi connectivity index (χ4v) is 3.27. The van der Waals surface area contributed by atoms with Gasteiger partial charge in [0.05, 0.1) is 16.8 Å². The molecule has 0 atom stereocenters. The number of aromatic nitrogens is 2. The van der Waals surface area contributed by atoms with Gasteiger partial charge in [-0.3, -0.25) is 9.78 Å². The van der Waals surface area contributed by atoms with E-state index in [9.17, 15) is 4.79 Å². The lowest BCUT2D eigenvalue weighted by Crippen LogP contribution is -2.39. The molecular weight excluding hydrogens is 349 g/mol. The molecule has 0 unspecified atom stereocenters. The van der Waals surface area contributed by atoms with Crippen LogP contribution in [0.4, 0.5) is 0 Å². The highest BCUT2D eigenvalue weighted by Gasteiger charge is 2.24. The molecular formula is C17H17Cl2N3O2. The van der Waals surface area contributed by atoms with Crippen molar-refractivity contribution in [2.75, 3.05) is 0 Å². The molecule has 1 fully saturated rings. The minimum absolute atomic E-state index is 0.106. The zero-order chi connectivity index (χ0) is 16.9. The second-order valence-electron chi connectivity index (χ2n) is 5.73. The monoisotopic (exact) mass is 365 g/mol. The van der Waals surface area contributed by atoms with Crippen molar-refractivity contribution in [3.8, 4) is 5.88 Å². The van der Waals surface area contributed by atoms with E-state index in [1.807, 2.05) is 0 Å². The number of rotatable bonds is 4. The summed E-state index contributed by atoms with van der Waals surface area (Å²) >= 11 is 11.9. The van der Waals surface area contributed by atoms with Crippen LogP contribution in [0.15, 0.2) is 36.8 Å². The summed E-state index contributed by atoms with van der Waals surface area (Å²) in [5.74, 6) is 0.368. The van der Waals surface area contributed by atoms with Gasteiger partial charge in [0, 0.05) is 23.5 Å². The van der Waals surface area contributed by atoms with Crippen LogP contribution in [0.5, 0.6) is 5.88 Å². The highest BCUT2D eigenvalue weighted by Crippen LogP contribution is 2.24. The molecule has 0 bridgehead atoms. The molecule has 2 aromatic rings. The molecule has 1 amide bonds. The minimum atomic E-state index is -0.171. The number of ether oxygens (including phenoxy) is 1. The Labute approximate surface area is 150 Å². The molecule has 0 spiro atoms. The van der Waals surface area contributed by atoms with Crippen LogP contribution in [-0.2, 0) is 0 Å². The van der Waals surface area contributed by atoms with Crippen molar-refractivity contribution in [2.45, 2.75) is 37.8 Å². The molecule has 1 aliphatic rings. The Balaban J connectivity index is 1.51. The standard InChI is InChI=1S/C17H17Cl2N3O2/c18-11-1-6-14(15(19)9-11)17(23)22-12-2-4-13(5-3-12)24-16-10-20-7-8-21-16/h1,6-10,12-13H,2-5H2,(H,22,23). The molecule has 126 valence electrons. The highest BCUT2D eigenvalue weighted by molar-refractivity contribution is 6.36. The van der Waals surface area contributed by atoms with Gasteiger partial charge in [-0.2, -0.15) is 0 Å². The van der Waals surface area contributed by atoms with E-state index in [4.69, 9.17) is 27.9 Å². The number of amides is 1. The third-order valence-electron chi connectivity index (χ3n) is 4.01. The Kier molecular flexibility index (Phi) is 5.53. The summed E-state index contributed by atoms with van der Waals surface area (Å²) in [6, 6.07) is 4.99. The van der Waals surface area contributed by atoms with Crippen molar-refractivity contribution in [3.63, 3.8) is 0 Å². The second-order valence-corrected chi connectivity index (χ2v) is 6.58. The van der Waals surface area contributed by atoms with Gasteiger partial charge in [0.25, 0.3) is 5.91 Å². The van der Waals surface area contributed by atoms with Crippen molar-refractivity contribution in [1.29, 1.82) is 0 Å². The lowest BCUT2D eigenvalue weighted by atomic mass is 9.92. The first-order valence-electron chi connectivity index (χ1n) is 7.80. The lowest BCUT2D eigenvalue weighted by molar-refractivity contribution is 0.0890. The molecule has 0 saturated heterocycles. The van der Waals surface area contributed by atoms with Crippen molar-refractivity contribution in [2.24, 2.45) is 0 Å². The van der Waals surface area contributed by atoms with Crippen LogP contribution >= 0.6 is 23.2 Å². The third kappa shape index (κ3) is 4.36. The number of hydrogen-bond acceptors (Lipinski definition) is 4. The molecule has 7 heteroatoms. The number of halogens is 2. The topological polar surface area (TPSA) is 64.1 Å². The van der Waals surface area contributed by atoms with E-state index in [-0.39, 0.29) is 18.1 Å². The van der Waals surface area contributed by atoms with Gasteiger partial charge < -0.3 is 10.1 Å².